The third-order valence-electron chi connectivity index (χ3n) is 3.77. The molecule has 2 atom stereocenters. The molecule has 0 unspecified atom stereocenters. The number of nitrogens with one attached hydrogen (secondary N) is 1. The molecule has 0 aliphatic heterocycles. The minimum absolute atomic E-state index is 0.0202. The molecule has 2 aromatic rings. The van der Waals surface area contributed by atoms with Crippen molar-refractivity contribution in [2.45, 2.75) is 32.9 Å². The first kappa shape index (κ1) is 16.5. The van der Waals surface area contributed by atoms with Gasteiger partial charge in [0.1, 0.15) is 6.04 Å². The van der Waals surface area contributed by atoms with E-state index in [0.717, 1.165) is 11.3 Å². The van der Waals surface area contributed by atoms with Crippen molar-refractivity contribution in [2.75, 3.05) is 5.32 Å². The van der Waals surface area contributed by atoms with Gasteiger partial charge in [0.2, 0.25) is 0 Å². The van der Waals surface area contributed by atoms with Gasteiger partial charge >= 0.3 is 0 Å². The number of amides is 1. The molecule has 0 spiro atoms. The van der Waals surface area contributed by atoms with E-state index in [9.17, 15) is 4.79 Å². The lowest BCUT2D eigenvalue weighted by Crippen LogP contribution is -2.91. The maximum Gasteiger partial charge on any atom is 0.282 e. The molecule has 0 aromatic heterocycles. The molecule has 0 bridgehead atoms. The van der Waals surface area contributed by atoms with Gasteiger partial charge in [-0.05, 0) is 38.5 Å². The Morgan fingerprint density at radius 2 is 1.82 bits per heavy atom. The first-order valence-electron chi connectivity index (χ1n) is 7.44. The van der Waals surface area contributed by atoms with Crippen LogP contribution in [0.4, 0.5) is 5.69 Å². The zero-order valence-corrected chi connectivity index (χ0v) is 13.9. The van der Waals surface area contributed by atoms with Crippen molar-refractivity contribution in [3.63, 3.8) is 0 Å². The highest BCUT2D eigenvalue weighted by Crippen LogP contribution is 2.20. The summed E-state index contributed by atoms with van der Waals surface area (Å²) in [6.45, 7) is 5.96. The molecule has 2 aromatic carbocycles. The summed E-state index contributed by atoms with van der Waals surface area (Å²) >= 11 is 5.99. The van der Waals surface area contributed by atoms with Gasteiger partial charge in [-0.15, -0.1) is 0 Å². The second-order valence-electron chi connectivity index (χ2n) is 5.63. The van der Waals surface area contributed by atoms with E-state index in [0.29, 0.717) is 5.02 Å². The number of aryl methyl sites for hydroxylation is 1. The zero-order chi connectivity index (χ0) is 16.1. The highest BCUT2D eigenvalue weighted by atomic mass is 35.5. The Morgan fingerprint density at radius 1 is 1.14 bits per heavy atom. The van der Waals surface area contributed by atoms with Crippen molar-refractivity contribution in [3.8, 4) is 0 Å². The number of anilines is 1. The number of hydrogen-bond donors (Lipinski definition) is 2. The van der Waals surface area contributed by atoms with Crippen molar-refractivity contribution in [1.29, 1.82) is 0 Å². The molecule has 116 valence electrons. The molecule has 0 heterocycles. The molecule has 0 radical (unpaired) electrons. The van der Waals surface area contributed by atoms with Gasteiger partial charge in [0, 0.05) is 16.3 Å². The van der Waals surface area contributed by atoms with Crippen molar-refractivity contribution >= 4 is 23.2 Å². The van der Waals surface area contributed by atoms with Crippen LogP contribution in [0.1, 0.15) is 31.0 Å². The van der Waals surface area contributed by atoms with Crippen LogP contribution < -0.4 is 10.6 Å². The van der Waals surface area contributed by atoms with Crippen LogP contribution in [0.25, 0.3) is 0 Å². The van der Waals surface area contributed by atoms with Crippen LogP contribution in [0.15, 0.2) is 48.5 Å². The highest BCUT2D eigenvalue weighted by molar-refractivity contribution is 6.31. The number of rotatable bonds is 5. The lowest BCUT2D eigenvalue weighted by Gasteiger charge is -2.17. The monoisotopic (exact) mass is 317 g/mol. The van der Waals surface area contributed by atoms with Gasteiger partial charge < -0.3 is 10.6 Å². The Hall–Kier alpha value is -1.84. The lowest BCUT2D eigenvalue weighted by atomic mass is 10.1. The van der Waals surface area contributed by atoms with Gasteiger partial charge in [0.15, 0.2) is 6.04 Å². The predicted molar refractivity (Wildman–Crippen MR) is 91.1 cm³/mol. The second kappa shape index (κ2) is 7.43. The van der Waals surface area contributed by atoms with E-state index in [4.69, 9.17) is 11.6 Å². The normalized spacial score (nSPS) is 13.5. The molecule has 3 nitrogen and oxygen atoms in total. The summed E-state index contributed by atoms with van der Waals surface area (Å²) < 4.78 is 0. The van der Waals surface area contributed by atoms with Gasteiger partial charge in [-0.1, -0.05) is 48.0 Å². The zero-order valence-electron chi connectivity index (χ0n) is 13.1. The summed E-state index contributed by atoms with van der Waals surface area (Å²) in [5.41, 5.74) is 2.98. The minimum atomic E-state index is -0.186. The van der Waals surface area contributed by atoms with Gasteiger partial charge in [0.25, 0.3) is 5.91 Å². The first-order chi connectivity index (χ1) is 10.5. The predicted octanol–water partition coefficient (Wildman–Crippen LogP) is 3.30. The third-order valence-corrected chi connectivity index (χ3v) is 4.01. The number of hydrogen-bond acceptors (Lipinski definition) is 1. The second-order valence-corrected chi connectivity index (χ2v) is 6.07. The van der Waals surface area contributed by atoms with E-state index in [1.807, 2.05) is 44.2 Å². The smallest absolute Gasteiger partial charge is 0.282 e. The maximum atomic E-state index is 12.4. The van der Waals surface area contributed by atoms with Crippen molar-refractivity contribution in [3.05, 3.63) is 64.7 Å². The Bertz CT molecular complexity index is 643. The number of nitrogens with two attached hydrogens (primary N) is 1. The summed E-state index contributed by atoms with van der Waals surface area (Å²) in [6.07, 6.45) is 0. The molecule has 2 rings (SSSR count). The highest BCUT2D eigenvalue weighted by Gasteiger charge is 2.20. The molecule has 0 saturated heterocycles. The largest absolute Gasteiger partial charge is 0.330 e. The number of quaternary nitrogens is 1. The molecular formula is C18H22ClN2O+. The van der Waals surface area contributed by atoms with Crippen LogP contribution in [0.5, 0.6) is 0 Å². The molecule has 22 heavy (non-hydrogen) atoms. The van der Waals surface area contributed by atoms with E-state index >= 15 is 0 Å². The molecule has 0 fully saturated rings. The van der Waals surface area contributed by atoms with Crippen LogP contribution in [0, 0.1) is 6.92 Å². The fourth-order valence-corrected chi connectivity index (χ4v) is 2.54. The van der Waals surface area contributed by atoms with Crippen LogP contribution >= 0.6 is 11.6 Å². The van der Waals surface area contributed by atoms with E-state index in [1.165, 1.54) is 5.56 Å². The third kappa shape index (κ3) is 4.33. The summed E-state index contributed by atoms with van der Waals surface area (Å²) in [4.78, 5) is 12.4. The van der Waals surface area contributed by atoms with E-state index in [-0.39, 0.29) is 18.0 Å². The van der Waals surface area contributed by atoms with Gasteiger partial charge in [-0.2, -0.15) is 0 Å². The SMILES string of the molecule is Cc1ccc(Cl)cc1NC(=O)[C@@H](C)[NH2+][C@H](C)c1ccccc1. The lowest BCUT2D eigenvalue weighted by molar-refractivity contribution is -0.709. The molecular weight excluding hydrogens is 296 g/mol. The van der Waals surface area contributed by atoms with E-state index in [2.05, 4.69) is 29.7 Å². The van der Waals surface area contributed by atoms with Crippen LogP contribution in [-0.4, -0.2) is 11.9 Å². The average Bonchev–Trinajstić information content (AvgIpc) is 2.51. The standard InChI is InChI=1S/C18H21ClN2O/c1-12-9-10-16(19)11-17(12)21-18(22)14(3)20-13(2)15-7-5-4-6-8-15/h4-11,13-14,20H,1-3H3,(H,21,22)/p+1/t13-,14-/m1/s1. The number of benzene rings is 2. The summed E-state index contributed by atoms with van der Waals surface area (Å²) in [5, 5.41) is 5.63. The molecule has 0 saturated carbocycles. The molecule has 3 N–H and O–H groups in total. The molecule has 0 aliphatic carbocycles. The minimum Gasteiger partial charge on any atom is -0.330 e. The average molecular weight is 318 g/mol. The van der Waals surface area contributed by atoms with Crippen molar-refractivity contribution in [2.24, 2.45) is 0 Å². The first-order valence-corrected chi connectivity index (χ1v) is 7.82. The van der Waals surface area contributed by atoms with Gasteiger partial charge in [-0.25, -0.2) is 0 Å². The van der Waals surface area contributed by atoms with E-state index < -0.39 is 0 Å². The van der Waals surface area contributed by atoms with Crippen molar-refractivity contribution < 1.29 is 10.1 Å². The Labute approximate surface area is 136 Å². The quantitative estimate of drug-likeness (QED) is 0.873. The summed E-state index contributed by atoms with van der Waals surface area (Å²) in [7, 11) is 0. The van der Waals surface area contributed by atoms with Crippen LogP contribution in [0.2, 0.25) is 5.02 Å². The summed E-state index contributed by atoms with van der Waals surface area (Å²) in [5.74, 6) is -0.0202. The van der Waals surface area contributed by atoms with E-state index in [1.54, 1.807) is 6.07 Å². The fourth-order valence-electron chi connectivity index (χ4n) is 2.36. The Kier molecular flexibility index (Phi) is 5.58. The van der Waals surface area contributed by atoms with Gasteiger partial charge in [-0.3, -0.25) is 4.79 Å². The Morgan fingerprint density at radius 3 is 2.50 bits per heavy atom. The maximum absolute atomic E-state index is 12.4. The van der Waals surface area contributed by atoms with Crippen LogP contribution in [-0.2, 0) is 4.79 Å². The van der Waals surface area contributed by atoms with Gasteiger partial charge in [0.05, 0.1) is 0 Å². The number of carbonyl (C=O) groups is 1. The summed E-state index contributed by atoms with van der Waals surface area (Å²) in [6, 6.07) is 15.7. The Balaban J connectivity index is 1.99. The number of carbonyl (C=O) groups excluding carboxylic acids is 1. The van der Waals surface area contributed by atoms with Crippen molar-refractivity contribution in [1.82, 2.24) is 0 Å². The van der Waals surface area contributed by atoms with Crippen LogP contribution in [0.3, 0.4) is 0 Å². The number of halogens is 1. The molecule has 4 heteroatoms. The molecule has 1 amide bonds. The topological polar surface area (TPSA) is 45.7 Å². The fraction of sp³-hybridized carbons (Fsp3) is 0.278. The molecule has 0 aliphatic rings.